The average Bonchev–Trinajstić information content (AvgIpc) is 2.87. The molecule has 0 unspecified atom stereocenters. The van der Waals surface area contributed by atoms with Gasteiger partial charge in [-0.2, -0.15) is 5.26 Å². The van der Waals surface area contributed by atoms with E-state index in [0.717, 1.165) is 0 Å². The van der Waals surface area contributed by atoms with Gasteiger partial charge in [-0.15, -0.1) is 0 Å². The van der Waals surface area contributed by atoms with E-state index >= 15 is 0 Å². The van der Waals surface area contributed by atoms with E-state index in [2.05, 4.69) is 21.2 Å². The van der Waals surface area contributed by atoms with Gasteiger partial charge in [0.1, 0.15) is 23.0 Å². The van der Waals surface area contributed by atoms with Crippen molar-refractivity contribution in [3.8, 4) is 6.07 Å². The van der Waals surface area contributed by atoms with Gasteiger partial charge in [-0.25, -0.2) is 4.79 Å². The third-order valence-corrected chi connectivity index (χ3v) is 4.89. The Morgan fingerprint density at radius 1 is 1.46 bits per heavy atom. The van der Waals surface area contributed by atoms with E-state index in [-0.39, 0.29) is 29.4 Å². The number of hydrogen-bond donors (Lipinski definition) is 2. The number of rotatable bonds is 3. The van der Waals surface area contributed by atoms with E-state index in [1.807, 2.05) is 6.07 Å². The number of carbonyl (C=O) groups excluding carboxylic acids is 2. The van der Waals surface area contributed by atoms with E-state index in [9.17, 15) is 14.9 Å². The fourth-order valence-corrected chi connectivity index (χ4v) is 3.74. The maximum absolute atomic E-state index is 13.2. The van der Waals surface area contributed by atoms with Gasteiger partial charge in [0.05, 0.1) is 6.61 Å². The first-order valence-corrected chi connectivity index (χ1v) is 8.81. The van der Waals surface area contributed by atoms with Gasteiger partial charge >= 0.3 is 5.97 Å². The largest absolute Gasteiger partial charge is 0.462 e. The molecule has 0 saturated carbocycles. The monoisotopic (exact) mass is 417 g/mol. The van der Waals surface area contributed by atoms with Crippen molar-refractivity contribution in [2.24, 2.45) is 5.73 Å². The number of nitrogens with one attached hydrogen (secondary N) is 1. The molecule has 3 N–H and O–H groups in total. The third-order valence-electron chi connectivity index (χ3n) is 4.40. The van der Waals surface area contributed by atoms with Crippen LogP contribution in [0.1, 0.15) is 25.8 Å². The summed E-state index contributed by atoms with van der Waals surface area (Å²) >= 11 is 3.38. The van der Waals surface area contributed by atoms with Crippen molar-refractivity contribution in [1.82, 2.24) is 0 Å². The molecule has 134 valence electrons. The molecule has 0 bridgehead atoms. The second kappa shape index (κ2) is 6.50. The van der Waals surface area contributed by atoms with Crippen LogP contribution in [0.15, 0.2) is 45.5 Å². The van der Waals surface area contributed by atoms with Gasteiger partial charge in [-0.05, 0) is 25.1 Å². The van der Waals surface area contributed by atoms with Crippen LogP contribution in [0.2, 0.25) is 0 Å². The van der Waals surface area contributed by atoms with Gasteiger partial charge in [0.25, 0.3) is 0 Å². The number of halogens is 1. The maximum atomic E-state index is 13.2. The van der Waals surface area contributed by atoms with Crippen molar-refractivity contribution < 1.29 is 19.1 Å². The number of benzene rings is 1. The topological polar surface area (TPSA) is 114 Å². The van der Waals surface area contributed by atoms with Crippen molar-refractivity contribution in [1.29, 1.82) is 5.26 Å². The SMILES string of the molecule is CCOC(=O)C1=C(CC)OC(N)=C(C#N)[C@]12C(=O)Nc1ccc(Br)cc12. The molecule has 3 rings (SSSR count). The van der Waals surface area contributed by atoms with Gasteiger partial charge in [0.2, 0.25) is 11.8 Å². The minimum atomic E-state index is -1.70. The van der Waals surface area contributed by atoms with E-state index in [0.29, 0.717) is 22.1 Å². The molecule has 7 nitrogen and oxygen atoms in total. The Labute approximate surface area is 158 Å². The quantitative estimate of drug-likeness (QED) is 0.730. The molecule has 26 heavy (non-hydrogen) atoms. The summed E-state index contributed by atoms with van der Waals surface area (Å²) < 4.78 is 11.4. The number of hydrogen-bond acceptors (Lipinski definition) is 6. The molecule has 1 spiro atoms. The molecule has 1 atom stereocenters. The minimum absolute atomic E-state index is 0.0121. The molecule has 0 aromatic heterocycles. The lowest BCUT2D eigenvalue weighted by Gasteiger charge is -2.34. The highest BCUT2D eigenvalue weighted by molar-refractivity contribution is 9.10. The van der Waals surface area contributed by atoms with Crippen molar-refractivity contribution in [2.45, 2.75) is 25.7 Å². The molecule has 0 saturated heterocycles. The van der Waals surface area contributed by atoms with Gasteiger partial charge in [-0.3, -0.25) is 4.79 Å². The molecule has 2 aliphatic rings. The van der Waals surface area contributed by atoms with Gasteiger partial charge < -0.3 is 20.5 Å². The van der Waals surface area contributed by atoms with Crippen LogP contribution in [0.3, 0.4) is 0 Å². The lowest BCUT2D eigenvalue weighted by Crippen LogP contribution is -2.46. The number of amides is 1. The van der Waals surface area contributed by atoms with Crippen LogP contribution in [0, 0.1) is 11.3 Å². The summed E-state index contributed by atoms with van der Waals surface area (Å²) in [5.74, 6) is -1.24. The number of nitrogens with two attached hydrogens (primary N) is 1. The maximum Gasteiger partial charge on any atom is 0.339 e. The fraction of sp³-hybridized carbons (Fsp3) is 0.278. The van der Waals surface area contributed by atoms with Crippen molar-refractivity contribution in [2.75, 3.05) is 11.9 Å². The molecule has 8 heteroatoms. The Kier molecular flexibility index (Phi) is 4.50. The molecular formula is C18H16BrN3O4. The zero-order valence-corrected chi connectivity index (χ0v) is 15.8. The molecule has 2 aliphatic heterocycles. The lowest BCUT2D eigenvalue weighted by atomic mass is 9.68. The predicted octanol–water partition coefficient (Wildman–Crippen LogP) is 2.59. The summed E-state index contributed by atoms with van der Waals surface area (Å²) in [7, 11) is 0. The summed E-state index contributed by atoms with van der Waals surface area (Å²) in [5.41, 5.74) is 5.07. The van der Waals surface area contributed by atoms with Crippen LogP contribution >= 0.6 is 15.9 Å². The van der Waals surface area contributed by atoms with E-state index < -0.39 is 17.3 Å². The minimum Gasteiger partial charge on any atom is -0.462 e. The van der Waals surface area contributed by atoms with Crippen LogP contribution in [-0.4, -0.2) is 18.5 Å². The Morgan fingerprint density at radius 3 is 2.81 bits per heavy atom. The number of nitrogens with zero attached hydrogens (tertiary/aromatic N) is 1. The van der Waals surface area contributed by atoms with Crippen molar-refractivity contribution >= 4 is 33.5 Å². The Morgan fingerprint density at radius 2 is 2.19 bits per heavy atom. The highest BCUT2D eigenvalue weighted by Crippen LogP contribution is 2.52. The molecular weight excluding hydrogens is 402 g/mol. The molecule has 2 heterocycles. The molecule has 0 radical (unpaired) electrons. The fourth-order valence-electron chi connectivity index (χ4n) is 3.38. The zero-order valence-electron chi connectivity index (χ0n) is 14.2. The number of fused-ring (bicyclic) bond motifs is 2. The lowest BCUT2D eigenvalue weighted by molar-refractivity contribution is -0.140. The molecule has 1 aromatic rings. The number of allylic oxidation sites excluding steroid dienone is 1. The second-order valence-electron chi connectivity index (χ2n) is 5.72. The number of carbonyl (C=O) groups is 2. The average molecular weight is 418 g/mol. The Bertz CT molecular complexity index is 929. The van der Waals surface area contributed by atoms with E-state index in [1.165, 1.54) is 0 Å². The number of esters is 1. The Hall–Kier alpha value is -2.79. The summed E-state index contributed by atoms with van der Waals surface area (Å²) in [5, 5.41) is 12.5. The summed E-state index contributed by atoms with van der Waals surface area (Å²) in [6.45, 7) is 3.54. The highest BCUT2D eigenvalue weighted by Gasteiger charge is 2.60. The van der Waals surface area contributed by atoms with Crippen molar-refractivity contribution in [3.05, 3.63) is 51.0 Å². The van der Waals surface area contributed by atoms with Crippen molar-refractivity contribution in [3.63, 3.8) is 0 Å². The summed E-state index contributed by atoms with van der Waals surface area (Å²) in [6, 6.07) is 7.10. The molecule has 1 aromatic carbocycles. The highest BCUT2D eigenvalue weighted by atomic mass is 79.9. The first-order valence-electron chi connectivity index (χ1n) is 8.02. The number of ether oxygens (including phenoxy) is 2. The molecule has 0 fully saturated rings. The van der Waals surface area contributed by atoms with Gasteiger partial charge in [0.15, 0.2) is 5.41 Å². The molecule has 0 aliphatic carbocycles. The summed E-state index contributed by atoms with van der Waals surface area (Å²) in [4.78, 5) is 26.0. The second-order valence-corrected chi connectivity index (χ2v) is 6.64. The number of anilines is 1. The normalized spacial score (nSPS) is 21.2. The van der Waals surface area contributed by atoms with Crippen LogP contribution < -0.4 is 11.1 Å². The smallest absolute Gasteiger partial charge is 0.339 e. The van der Waals surface area contributed by atoms with Gasteiger partial charge in [0, 0.05) is 22.1 Å². The number of nitriles is 1. The summed E-state index contributed by atoms with van der Waals surface area (Å²) in [6.07, 6.45) is 0.298. The molecule has 1 amide bonds. The predicted molar refractivity (Wildman–Crippen MR) is 96.3 cm³/mol. The first kappa shape index (κ1) is 18.0. The standard InChI is InChI=1S/C18H16BrN3O4/c1-3-13-14(16(23)25-4-2)18(11(8-20)15(21)26-13)10-7-9(19)5-6-12(10)22-17(18)24/h5-7H,3-4,21H2,1-2H3,(H,22,24)/t18-/m0/s1. The van der Waals surface area contributed by atoms with E-state index in [4.69, 9.17) is 15.2 Å². The van der Waals surface area contributed by atoms with Gasteiger partial charge in [-0.1, -0.05) is 22.9 Å². The van der Waals surface area contributed by atoms with Crippen LogP contribution in [0.5, 0.6) is 0 Å². The van der Waals surface area contributed by atoms with Crippen LogP contribution in [0.25, 0.3) is 0 Å². The van der Waals surface area contributed by atoms with Crippen LogP contribution in [0.4, 0.5) is 5.69 Å². The zero-order chi connectivity index (χ0) is 19.1. The Balaban J connectivity index is 2.43. The van der Waals surface area contributed by atoms with E-state index in [1.54, 1.807) is 32.0 Å². The van der Waals surface area contributed by atoms with Crippen LogP contribution in [-0.2, 0) is 24.5 Å². The first-order chi connectivity index (χ1) is 12.4. The third kappa shape index (κ3) is 2.31.